The average molecular weight is 376 g/mol. The Balaban J connectivity index is 3.04. The van der Waals surface area contributed by atoms with Gasteiger partial charge in [0.25, 0.3) is 5.69 Å². The van der Waals surface area contributed by atoms with Gasteiger partial charge in [0.05, 0.1) is 30.3 Å². The zero-order valence-electron chi connectivity index (χ0n) is 13.7. The number of nitrogens with two attached hydrogens (primary N) is 1. The number of carbonyl (C=O) groups is 1. The summed E-state index contributed by atoms with van der Waals surface area (Å²) in [5, 5.41) is 11.3. The second-order valence-electron chi connectivity index (χ2n) is 5.12. The van der Waals surface area contributed by atoms with Crippen molar-refractivity contribution in [3.63, 3.8) is 0 Å². The van der Waals surface area contributed by atoms with Crippen LogP contribution in [0.3, 0.4) is 0 Å². The Hall–Kier alpha value is -2.41. The lowest BCUT2D eigenvalue weighted by Gasteiger charge is -2.16. The molecule has 11 nitrogen and oxygen atoms in total. The van der Waals surface area contributed by atoms with Gasteiger partial charge in [-0.1, -0.05) is 0 Å². The maximum absolute atomic E-state index is 11.3. The minimum atomic E-state index is -4.17. The number of primary amides is 1. The van der Waals surface area contributed by atoms with Gasteiger partial charge >= 0.3 is 14.9 Å². The fourth-order valence-corrected chi connectivity index (χ4v) is 2.67. The summed E-state index contributed by atoms with van der Waals surface area (Å²) in [7, 11) is -2.84. The first-order valence-electron chi connectivity index (χ1n) is 7.17. The maximum Gasteiger partial charge on any atom is 0.492 e. The van der Waals surface area contributed by atoms with E-state index in [4.69, 9.17) is 34.3 Å². The molecule has 12 heteroatoms. The molecule has 0 radical (unpaired) electrons. The summed E-state index contributed by atoms with van der Waals surface area (Å²) in [6.07, 6.45) is -1.94. The Kier molecular flexibility index (Phi) is 7.11. The molecule has 1 aromatic rings. The van der Waals surface area contributed by atoms with Crippen molar-refractivity contribution in [2.45, 2.75) is 25.5 Å². The SMILES string of the molecule is COc1cc(C(C)OC(N)=O)c([N+](=O)[O-])cc1OCCC[Si](O)(O)O. The molecule has 1 amide bonds. The number of hydrogen-bond acceptors (Lipinski definition) is 9. The third-order valence-corrected chi connectivity index (χ3v) is 4.18. The zero-order valence-corrected chi connectivity index (χ0v) is 14.7. The molecule has 5 N–H and O–H groups in total. The Morgan fingerprint density at radius 1 is 1.36 bits per heavy atom. The number of rotatable bonds is 9. The molecule has 25 heavy (non-hydrogen) atoms. The van der Waals surface area contributed by atoms with E-state index in [1.165, 1.54) is 20.1 Å². The number of nitro benzene ring substituents is 1. The number of amides is 1. The smallest absolute Gasteiger partial charge is 0.492 e. The number of hydrogen-bond donors (Lipinski definition) is 4. The molecule has 0 bridgehead atoms. The van der Waals surface area contributed by atoms with Crippen molar-refractivity contribution in [2.75, 3.05) is 13.7 Å². The van der Waals surface area contributed by atoms with Gasteiger partial charge < -0.3 is 34.3 Å². The highest BCUT2D eigenvalue weighted by atomic mass is 28.4. The molecule has 1 atom stereocenters. The Morgan fingerprint density at radius 2 is 2.00 bits per heavy atom. The van der Waals surface area contributed by atoms with Crippen LogP contribution >= 0.6 is 0 Å². The van der Waals surface area contributed by atoms with Crippen LogP contribution in [0.15, 0.2) is 12.1 Å². The van der Waals surface area contributed by atoms with Crippen molar-refractivity contribution in [3.8, 4) is 11.5 Å². The van der Waals surface area contributed by atoms with Gasteiger partial charge in [-0.15, -0.1) is 0 Å². The van der Waals surface area contributed by atoms with E-state index in [2.05, 4.69) is 0 Å². The summed E-state index contributed by atoms with van der Waals surface area (Å²) < 4.78 is 15.2. The highest BCUT2D eigenvalue weighted by Gasteiger charge is 2.27. The summed E-state index contributed by atoms with van der Waals surface area (Å²) in [4.78, 5) is 48.2. The molecule has 140 valence electrons. The van der Waals surface area contributed by atoms with Crippen LogP contribution in [-0.4, -0.2) is 47.9 Å². The molecule has 0 aromatic heterocycles. The van der Waals surface area contributed by atoms with Gasteiger partial charge in [-0.3, -0.25) is 10.1 Å². The number of methoxy groups -OCH3 is 1. The Bertz CT molecular complexity index is 633. The summed E-state index contributed by atoms with van der Waals surface area (Å²) in [6, 6.07) is 2.17. The average Bonchev–Trinajstić information content (AvgIpc) is 2.49. The third-order valence-electron chi connectivity index (χ3n) is 3.15. The van der Waals surface area contributed by atoms with Crippen molar-refractivity contribution < 1.29 is 38.3 Å². The lowest BCUT2D eigenvalue weighted by atomic mass is 10.1. The Labute approximate surface area is 144 Å². The van der Waals surface area contributed by atoms with Crippen LogP contribution < -0.4 is 15.2 Å². The van der Waals surface area contributed by atoms with Crippen LogP contribution in [0.1, 0.15) is 25.0 Å². The van der Waals surface area contributed by atoms with Crippen LogP contribution in [0.2, 0.25) is 6.04 Å². The van der Waals surface area contributed by atoms with E-state index in [9.17, 15) is 14.9 Å². The van der Waals surface area contributed by atoms with E-state index in [0.29, 0.717) is 0 Å². The minimum absolute atomic E-state index is 0.0311. The van der Waals surface area contributed by atoms with Crippen LogP contribution in [0, 0.1) is 10.1 Å². The molecule has 0 aliphatic carbocycles. The summed E-state index contributed by atoms with van der Waals surface area (Å²) in [6.45, 7) is 1.39. The summed E-state index contributed by atoms with van der Waals surface area (Å²) in [5.74, 6) is 0.200. The minimum Gasteiger partial charge on any atom is -0.493 e. The van der Waals surface area contributed by atoms with Crippen molar-refractivity contribution >= 4 is 20.6 Å². The highest BCUT2D eigenvalue weighted by molar-refractivity contribution is 6.56. The van der Waals surface area contributed by atoms with Crippen molar-refractivity contribution in [2.24, 2.45) is 5.73 Å². The molecule has 0 spiro atoms. The summed E-state index contributed by atoms with van der Waals surface area (Å²) in [5.41, 5.74) is 4.64. The lowest BCUT2D eigenvalue weighted by molar-refractivity contribution is -0.386. The molecule has 0 aliphatic heterocycles. The topological polar surface area (TPSA) is 175 Å². The molecule has 0 heterocycles. The second-order valence-corrected chi connectivity index (χ2v) is 7.17. The quantitative estimate of drug-likeness (QED) is 0.206. The molecule has 0 fully saturated rings. The predicted molar refractivity (Wildman–Crippen MR) is 86.1 cm³/mol. The van der Waals surface area contributed by atoms with E-state index in [-0.39, 0.29) is 41.8 Å². The van der Waals surface area contributed by atoms with E-state index < -0.39 is 25.9 Å². The number of nitrogens with zero attached hydrogens (tertiary/aromatic N) is 1. The van der Waals surface area contributed by atoms with Crippen molar-refractivity contribution in [1.29, 1.82) is 0 Å². The molecule has 0 saturated carbocycles. The van der Waals surface area contributed by atoms with Crippen LogP contribution in [0.4, 0.5) is 10.5 Å². The predicted octanol–water partition coefficient (Wildman–Crippen LogP) is 0.444. The van der Waals surface area contributed by atoms with Gasteiger partial charge in [0.15, 0.2) is 11.5 Å². The number of nitro groups is 1. The van der Waals surface area contributed by atoms with Crippen molar-refractivity contribution in [1.82, 2.24) is 0 Å². The van der Waals surface area contributed by atoms with Gasteiger partial charge in [0, 0.05) is 6.04 Å². The highest BCUT2D eigenvalue weighted by Crippen LogP contribution is 2.38. The fourth-order valence-electron chi connectivity index (χ4n) is 2.05. The van der Waals surface area contributed by atoms with E-state index in [1.807, 2.05) is 0 Å². The normalized spacial score (nSPS) is 12.4. The number of benzene rings is 1. The van der Waals surface area contributed by atoms with Crippen LogP contribution in [-0.2, 0) is 4.74 Å². The number of carbonyl (C=O) groups excluding carboxylic acids is 1. The fraction of sp³-hybridized carbons (Fsp3) is 0.462. The molecule has 1 rings (SSSR count). The third kappa shape index (κ3) is 6.54. The van der Waals surface area contributed by atoms with Crippen molar-refractivity contribution in [3.05, 3.63) is 27.8 Å². The zero-order chi connectivity index (χ0) is 19.2. The molecule has 1 aromatic carbocycles. The van der Waals surface area contributed by atoms with Gasteiger partial charge in [0.2, 0.25) is 0 Å². The maximum atomic E-state index is 11.3. The molecule has 0 aliphatic rings. The van der Waals surface area contributed by atoms with Crippen LogP contribution in [0.5, 0.6) is 11.5 Å². The molecule has 1 unspecified atom stereocenters. The molecular formula is C13H20N2O9Si. The second kappa shape index (κ2) is 8.62. The van der Waals surface area contributed by atoms with Gasteiger partial charge in [-0.05, 0) is 19.4 Å². The first-order valence-corrected chi connectivity index (χ1v) is 9.22. The van der Waals surface area contributed by atoms with E-state index >= 15 is 0 Å². The van der Waals surface area contributed by atoms with Crippen LogP contribution in [0.25, 0.3) is 0 Å². The first kappa shape index (κ1) is 20.6. The molecular weight excluding hydrogens is 356 g/mol. The Morgan fingerprint density at radius 3 is 2.48 bits per heavy atom. The standard InChI is InChI=1S/C13H20N2O9Si/c1-8(24-13(14)16)9-6-11(22-2)12(7-10(9)15(17)18)23-4-3-5-25(19,20)21/h6-8,19-21H,3-5H2,1-2H3,(H2,14,16). The molecule has 0 saturated heterocycles. The lowest BCUT2D eigenvalue weighted by Crippen LogP contribution is -2.34. The van der Waals surface area contributed by atoms with E-state index in [0.717, 1.165) is 6.07 Å². The monoisotopic (exact) mass is 376 g/mol. The van der Waals surface area contributed by atoms with E-state index in [1.54, 1.807) is 0 Å². The van der Waals surface area contributed by atoms with Gasteiger partial charge in [-0.25, -0.2) is 4.79 Å². The largest absolute Gasteiger partial charge is 0.493 e. The summed E-state index contributed by atoms with van der Waals surface area (Å²) >= 11 is 0. The number of ether oxygens (including phenoxy) is 3. The first-order chi connectivity index (χ1) is 11.5. The van der Waals surface area contributed by atoms with Gasteiger partial charge in [-0.2, -0.15) is 0 Å². The van der Waals surface area contributed by atoms with Gasteiger partial charge in [0.1, 0.15) is 6.10 Å².